The molecule has 2 unspecified atom stereocenters. The van der Waals surface area contributed by atoms with Gasteiger partial charge in [0.05, 0.1) is 12.0 Å². The summed E-state index contributed by atoms with van der Waals surface area (Å²) in [6.45, 7) is 9.66. The molecule has 2 aliphatic rings. The normalized spacial score (nSPS) is 23.4. The van der Waals surface area contributed by atoms with Crippen molar-refractivity contribution in [2.45, 2.75) is 46.1 Å². The molecule has 0 bridgehead atoms. The summed E-state index contributed by atoms with van der Waals surface area (Å²) in [6.07, 6.45) is 2.49. The quantitative estimate of drug-likeness (QED) is 0.879. The standard InChI is InChI=1S/C21H30N2O3/c1-14-6-8-22(9-7-14)13-19(17-5-4-15(2)16(3)10-17)23-12-18(21(25)26)11-20(23)24/h4-5,10,14,18-19H,6-9,11-13H2,1-3H3,(H,25,26). The molecule has 5 heteroatoms. The van der Waals surface area contributed by atoms with Gasteiger partial charge >= 0.3 is 5.97 Å². The van der Waals surface area contributed by atoms with Gasteiger partial charge in [0.25, 0.3) is 0 Å². The minimum atomic E-state index is -0.869. The van der Waals surface area contributed by atoms with E-state index < -0.39 is 11.9 Å². The highest BCUT2D eigenvalue weighted by Crippen LogP contribution is 2.31. The van der Waals surface area contributed by atoms with E-state index in [1.54, 1.807) is 4.90 Å². The molecular weight excluding hydrogens is 328 g/mol. The zero-order valence-electron chi connectivity index (χ0n) is 16.1. The van der Waals surface area contributed by atoms with Crippen LogP contribution in [0.1, 0.15) is 48.9 Å². The van der Waals surface area contributed by atoms with E-state index in [0.717, 1.165) is 31.1 Å². The smallest absolute Gasteiger partial charge is 0.308 e. The zero-order chi connectivity index (χ0) is 18.8. The first-order chi connectivity index (χ1) is 12.3. The molecule has 2 heterocycles. The Morgan fingerprint density at radius 1 is 1.23 bits per heavy atom. The van der Waals surface area contributed by atoms with E-state index in [1.807, 2.05) is 0 Å². The number of benzene rings is 1. The Morgan fingerprint density at radius 2 is 1.92 bits per heavy atom. The Balaban J connectivity index is 1.84. The molecule has 142 valence electrons. The van der Waals surface area contributed by atoms with Gasteiger partial charge in [-0.2, -0.15) is 0 Å². The first-order valence-corrected chi connectivity index (χ1v) is 9.67. The number of nitrogens with zero attached hydrogens (tertiary/aromatic N) is 2. The van der Waals surface area contributed by atoms with Crippen LogP contribution in [0.2, 0.25) is 0 Å². The number of hydrogen-bond acceptors (Lipinski definition) is 3. The lowest BCUT2D eigenvalue weighted by molar-refractivity contribution is -0.141. The van der Waals surface area contributed by atoms with E-state index in [1.165, 1.54) is 24.0 Å². The third-order valence-corrected chi connectivity index (χ3v) is 6.11. The number of carboxylic acid groups (broad SMARTS) is 1. The second-order valence-corrected chi connectivity index (χ2v) is 8.13. The van der Waals surface area contributed by atoms with Gasteiger partial charge in [-0.1, -0.05) is 25.1 Å². The molecular formula is C21H30N2O3. The molecule has 5 nitrogen and oxygen atoms in total. The second kappa shape index (κ2) is 7.78. The van der Waals surface area contributed by atoms with Gasteiger partial charge in [-0.3, -0.25) is 9.59 Å². The summed E-state index contributed by atoms with van der Waals surface area (Å²) in [7, 11) is 0. The molecule has 2 atom stereocenters. The van der Waals surface area contributed by atoms with E-state index in [0.29, 0.717) is 6.54 Å². The van der Waals surface area contributed by atoms with Crippen LogP contribution in [0.3, 0.4) is 0 Å². The molecule has 2 saturated heterocycles. The number of carbonyl (C=O) groups is 2. The van der Waals surface area contributed by atoms with E-state index >= 15 is 0 Å². The first kappa shape index (κ1) is 18.9. The minimum Gasteiger partial charge on any atom is -0.481 e. The summed E-state index contributed by atoms with van der Waals surface area (Å²) < 4.78 is 0. The maximum Gasteiger partial charge on any atom is 0.308 e. The van der Waals surface area contributed by atoms with Crippen molar-refractivity contribution in [3.8, 4) is 0 Å². The summed E-state index contributed by atoms with van der Waals surface area (Å²) in [5, 5.41) is 9.34. The number of hydrogen-bond donors (Lipinski definition) is 1. The van der Waals surface area contributed by atoms with E-state index in [-0.39, 0.29) is 18.4 Å². The molecule has 1 N–H and O–H groups in total. The number of likely N-dealkylation sites (tertiary alicyclic amines) is 2. The van der Waals surface area contributed by atoms with Gasteiger partial charge in [0.2, 0.25) is 5.91 Å². The topological polar surface area (TPSA) is 60.9 Å². The number of carbonyl (C=O) groups excluding carboxylic acids is 1. The van der Waals surface area contributed by atoms with Crippen molar-refractivity contribution in [3.63, 3.8) is 0 Å². The van der Waals surface area contributed by atoms with E-state index in [2.05, 4.69) is 43.9 Å². The van der Waals surface area contributed by atoms with E-state index in [4.69, 9.17) is 0 Å². The number of carboxylic acids is 1. The Morgan fingerprint density at radius 3 is 2.50 bits per heavy atom. The van der Waals surface area contributed by atoms with Crippen molar-refractivity contribution >= 4 is 11.9 Å². The predicted molar refractivity (Wildman–Crippen MR) is 101 cm³/mol. The van der Waals surface area contributed by atoms with Crippen LogP contribution in [-0.2, 0) is 9.59 Å². The van der Waals surface area contributed by atoms with Gasteiger partial charge in [0.15, 0.2) is 0 Å². The average Bonchev–Trinajstić information content (AvgIpc) is 2.99. The molecule has 3 rings (SSSR count). The molecule has 1 aromatic carbocycles. The van der Waals surface area contributed by atoms with Gasteiger partial charge in [-0.25, -0.2) is 0 Å². The minimum absolute atomic E-state index is 0.0361. The lowest BCUT2D eigenvalue weighted by Gasteiger charge is -2.37. The predicted octanol–water partition coefficient (Wildman–Crippen LogP) is 3.01. The van der Waals surface area contributed by atoms with E-state index in [9.17, 15) is 14.7 Å². The first-order valence-electron chi connectivity index (χ1n) is 9.67. The van der Waals surface area contributed by atoms with Crippen LogP contribution in [-0.4, -0.2) is 53.0 Å². The van der Waals surface area contributed by atoms with Gasteiger partial charge < -0.3 is 14.9 Å². The SMILES string of the molecule is Cc1ccc(C(CN2CCC(C)CC2)N2CC(C(=O)O)CC2=O)cc1C. The Kier molecular flexibility index (Phi) is 5.66. The molecule has 26 heavy (non-hydrogen) atoms. The molecule has 2 aliphatic heterocycles. The van der Waals surface area contributed by atoms with Crippen molar-refractivity contribution in [1.82, 2.24) is 9.80 Å². The Labute approximate surface area is 156 Å². The lowest BCUT2D eigenvalue weighted by Crippen LogP contribution is -2.42. The molecule has 0 radical (unpaired) electrons. The fraction of sp³-hybridized carbons (Fsp3) is 0.619. The molecule has 1 amide bonds. The van der Waals surface area contributed by atoms with Crippen LogP contribution in [0.25, 0.3) is 0 Å². The Hall–Kier alpha value is -1.88. The number of piperidine rings is 1. The molecule has 0 aliphatic carbocycles. The third kappa shape index (κ3) is 4.09. The van der Waals surface area contributed by atoms with Crippen molar-refractivity contribution < 1.29 is 14.7 Å². The van der Waals surface area contributed by atoms with Crippen LogP contribution in [0.15, 0.2) is 18.2 Å². The van der Waals surface area contributed by atoms with Crippen molar-refractivity contribution in [3.05, 3.63) is 34.9 Å². The highest BCUT2D eigenvalue weighted by molar-refractivity contribution is 5.86. The summed E-state index contributed by atoms with van der Waals surface area (Å²) in [5.41, 5.74) is 3.56. The number of rotatable bonds is 5. The van der Waals surface area contributed by atoms with Gasteiger partial charge in [0.1, 0.15) is 0 Å². The summed E-state index contributed by atoms with van der Waals surface area (Å²) in [5.74, 6) is -0.730. The average molecular weight is 358 g/mol. The van der Waals surface area contributed by atoms with Crippen LogP contribution in [0.5, 0.6) is 0 Å². The lowest BCUT2D eigenvalue weighted by atomic mass is 9.96. The monoisotopic (exact) mass is 358 g/mol. The van der Waals surface area contributed by atoms with Crippen molar-refractivity contribution in [1.29, 1.82) is 0 Å². The molecule has 1 aromatic rings. The highest BCUT2D eigenvalue weighted by atomic mass is 16.4. The fourth-order valence-electron chi connectivity index (χ4n) is 4.04. The van der Waals surface area contributed by atoms with Gasteiger partial charge in [0, 0.05) is 19.5 Å². The molecule has 0 aromatic heterocycles. The summed E-state index contributed by atoms with van der Waals surface area (Å²) >= 11 is 0. The Bertz CT molecular complexity index is 680. The number of aliphatic carboxylic acids is 1. The molecule has 0 spiro atoms. The number of amides is 1. The molecule has 0 saturated carbocycles. The van der Waals surface area contributed by atoms with Crippen molar-refractivity contribution in [2.24, 2.45) is 11.8 Å². The van der Waals surface area contributed by atoms with Crippen LogP contribution in [0.4, 0.5) is 0 Å². The van der Waals surface area contributed by atoms with Gasteiger partial charge in [-0.05, 0) is 62.4 Å². The fourth-order valence-corrected chi connectivity index (χ4v) is 4.04. The second-order valence-electron chi connectivity index (χ2n) is 8.13. The van der Waals surface area contributed by atoms with Crippen LogP contribution < -0.4 is 0 Å². The third-order valence-electron chi connectivity index (χ3n) is 6.11. The van der Waals surface area contributed by atoms with Crippen LogP contribution >= 0.6 is 0 Å². The largest absolute Gasteiger partial charge is 0.481 e. The van der Waals surface area contributed by atoms with Crippen LogP contribution in [0, 0.1) is 25.7 Å². The maximum atomic E-state index is 12.6. The van der Waals surface area contributed by atoms with Crippen molar-refractivity contribution in [2.75, 3.05) is 26.2 Å². The van der Waals surface area contributed by atoms with Gasteiger partial charge in [-0.15, -0.1) is 0 Å². The maximum absolute atomic E-state index is 12.6. The summed E-state index contributed by atoms with van der Waals surface area (Å²) in [6, 6.07) is 6.29. The molecule has 2 fully saturated rings. The zero-order valence-corrected chi connectivity index (χ0v) is 16.1. The number of aryl methyl sites for hydroxylation is 2. The summed E-state index contributed by atoms with van der Waals surface area (Å²) in [4.78, 5) is 28.2. The highest BCUT2D eigenvalue weighted by Gasteiger charge is 2.39.